The Balaban J connectivity index is 1.65. The van der Waals surface area contributed by atoms with Crippen molar-refractivity contribution >= 4 is 5.91 Å². The van der Waals surface area contributed by atoms with Crippen LogP contribution in [0, 0.1) is 22.5 Å². The van der Waals surface area contributed by atoms with E-state index in [0.29, 0.717) is 24.8 Å². The van der Waals surface area contributed by atoms with Gasteiger partial charge in [-0.15, -0.1) is 0 Å². The Morgan fingerprint density at radius 3 is 2.35 bits per heavy atom. The summed E-state index contributed by atoms with van der Waals surface area (Å²) in [6, 6.07) is 2.83. The zero-order valence-electron chi connectivity index (χ0n) is 11.2. The molecule has 3 aliphatic rings. The molecule has 3 fully saturated rings. The molecular formula is C15H17F2NO2. The van der Waals surface area contributed by atoms with Gasteiger partial charge in [-0.2, -0.15) is 0 Å². The van der Waals surface area contributed by atoms with Gasteiger partial charge in [0.25, 0.3) is 0 Å². The average molecular weight is 281 g/mol. The molecule has 2 bridgehead atoms. The highest BCUT2D eigenvalue weighted by Gasteiger charge is 2.71. The number of hydrogen-bond acceptors (Lipinski definition) is 2. The first-order chi connectivity index (χ1) is 9.38. The van der Waals surface area contributed by atoms with Gasteiger partial charge in [-0.3, -0.25) is 4.79 Å². The normalized spacial score (nSPS) is 32.0. The Morgan fingerprint density at radius 1 is 1.30 bits per heavy atom. The van der Waals surface area contributed by atoms with E-state index in [0.717, 1.165) is 6.07 Å². The standard InChI is InChI=1S/C15H17F2NO2/c1-9(10-2-11(16)4-12(17)3-10)18-13(20)15-5-14(6-15,7-15)8-19/h2-4,9,19H,5-8H2,1H3,(H,18,20)/t9-,14?,15?/m0/s1. The highest BCUT2D eigenvalue weighted by atomic mass is 19.1. The van der Waals surface area contributed by atoms with Gasteiger partial charge in [0, 0.05) is 12.7 Å². The van der Waals surface area contributed by atoms with E-state index in [-0.39, 0.29) is 23.3 Å². The molecule has 0 aromatic heterocycles. The summed E-state index contributed by atoms with van der Waals surface area (Å²) in [5.41, 5.74) is 0.0216. The second kappa shape index (κ2) is 4.25. The lowest BCUT2D eigenvalue weighted by Gasteiger charge is -2.68. The van der Waals surface area contributed by atoms with Gasteiger partial charge in [-0.1, -0.05) is 0 Å². The highest BCUT2D eigenvalue weighted by molar-refractivity contribution is 5.86. The lowest BCUT2D eigenvalue weighted by atomic mass is 9.35. The van der Waals surface area contributed by atoms with E-state index >= 15 is 0 Å². The molecule has 3 nitrogen and oxygen atoms in total. The number of aliphatic hydroxyl groups excluding tert-OH is 1. The van der Waals surface area contributed by atoms with Gasteiger partial charge in [-0.25, -0.2) is 8.78 Å². The van der Waals surface area contributed by atoms with Gasteiger partial charge in [-0.05, 0) is 49.3 Å². The Labute approximate surface area is 116 Å². The molecule has 2 N–H and O–H groups in total. The molecule has 1 atom stereocenters. The van der Waals surface area contributed by atoms with Crippen molar-refractivity contribution in [1.29, 1.82) is 0 Å². The van der Waals surface area contributed by atoms with E-state index in [4.69, 9.17) is 0 Å². The number of carbonyl (C=O) groups is 1. The Kier molecular flexibility index (Phi) is 2.87. The molecule has 0 spiro atoms. The van der Waals surface area contributed by atoms with E-state index in [1.807, 2.05) is 0 Å². The number of benzene rings is 1. The summed E-state index contributed by atoms with van der Waals surface area (Å²) in [5, 5.41) is 12.0. The summed E-state index contributed by atoms with van der Waals surface area (Å²) in [5.74, 6) is -1.37. The van der Waals surface area contributed by atoms with Gasteiger partial charge >= 0.3 is 0 Å². The third-order valence-electron chi connectivity index (χ3n) is 4.69. The topological polar surface area (TPSA) is 49.3 Å². The SMILES string of the molecule is C[C@H](NC(=O)C12CC(CO)(C1)C2)c1cc(F)cc(F)c1. The largest absolute Gasteiger partial charge is 0.396 e. The minimum absolute atomic E-state index is 0.0362. The summed E-state index contributed by atoms with van der Waals surface area (Å²) >= 11 is 0. The van der Waals surface area contributed by atoms with E-state index in [2.05, 4.69) is 5.32 Å². The van der Waals surface area contributed by atoms with Crippen LogP contribution in [-0.4, -0.2) is 17.6 Å². The van der Waals surface area contributed by atoms with Gasteiger partial charge in [0.2, 0.25) is 5.91 Å². The fraction of sp³-hybridized carbons (Fsp3) is 0.533. The van der Waals surface area contributed by atoms with Crippen molar-refractivity contribution in [2.24, 2.45) is 10.8 Å². The van der Waals surface area contributed by atoms with Crippen LogP contribution in [0.4, 0.5) is 8.78 Å². The van der Waals surface area contributed by atoms with Crippen molar-refractivity contribution in [3.63, 3.8) is 0 Å². The van der Waals surface area contributed by atoms with E-state index in [1.54, 1.807) is 6.92 Å². The third-order valence-corrected chi connectivity index (χ3v) is 4.69. The monoisotopic (exact) mass is 281 g/mol. The predicted octanol–water partition coefficient (Wildman–Crippen LogP) is 2.30. The molecule has 3 saturated carbocycles. The van der Waals surface area contributed by atoms with Gasteiger partial charge in [0.15, 0.2) is 0 Å². The van der Waals surface area contributed by atoms with Crippen LogP contribution in [0.25, 0.3) is 0 Å². The summed E-state index contributed by atoms with van der Waals surface area (Å²) < 4.78 is 26.3. The molecular weight excluding hydrogens is 264 g/mol. The van der Waals surface area contributed by atoms with E-state index < -0.39 is 17.7 Å². The number of hydrogen-bond donors (Lipinski definition) is 2. The van der Waals surface area contributed by atoms with Crippen LogP contribution in [0.5, 0.6) is 0 Å². The summed E-state index contributed by atoms with van der Waals surface area (Å²) in [4.78, 5) is 12.2. The van der Waals surface area contributed by atoms with Crippen molar-refractivity contribution < 1.29 is 18.7 Å². The summed E-state index contributed by atoms with van der Waals surface area (Å²) in [6.07, 6.45) is 2.14. The second-order valence-electron chi connectivity index (χ2n) is 6.37. The molecule has 0 aliphatic heterocycles. The van der Waals surface area contributed by atoms with E-state index in [9.17, 15) is 18.7 Å². The quantitative estimate of drug-likeness (QED) is 0.889. The van der Waals surface area contributed by atoms with Crippen molar-refractivity contribution in [3.05, 3.63) is 35.4 Å². The van der Waals surface area contributed by atoms with Crippen LogP contribution >= 0.6 is 0 Å². The van der Waals surface area contributed by atoms with Crippen LogP contribution in [0.15, 0.2) is 18.2 Å². The first-order valence-electron chi connectivity index (χ1n) is 6.76. The maximum atomic E-state index is 13.2. The van der Waals surface area contributed by atoms with Crippen molar-refractivity contribution in [2.75, 3.05) is 6.61 Å². The van der Waals surface area contributed by atoms with Gasteiger partial charge < -0.3 is 10.4 Å². The Hall–Kier alpha value is -1.49. The minimum atomic E-state index is -0.647. The van der Waals surface area contributed by atoms with Crippen molar-refractivity contribution in [2.45, 2.75) is 32.2 Å². The average Bonchev–Trinajstić information content (AvgIpc) is 2.24. The molecule has 3 aliphatic carbocycles. The first kappa shape index (κ1) is 13.5. The number of nitrogens with one attached hydrogen (secondary N) is 1. The molecule has 0 radical (unpaired) electrons. The predicted molar refractivity (Wildman–Crippen MR) is 68.7 cm³/mol. The number of halogens is 2. The van der Waals surface area contributed by atoms with E-state index in [1.165, 1.54) is 12.1 Å². The number of rotatable bonds is 4. The molecule has 0 heterocycles. The molecule has 0 saturated heterocycles. The molecule has 5 heteroatoms. The van der Waals surface area contributed by atoms with Crippen molar-refractivity contribution in [3.8, 4) is 0 Å². The fourth-order valence-electron chi connectivity index (χ4n) is 3.66. The number of aliphatic hydroxyl groups is 1. The van der Waals surface area contributed by atoms with Gasteiger partial charge in [0.1, 0.15) is 11.6 Å². The van der Waals surface area contributed by atoms with Crippen LogP contribution in [0.2, 0.25) is 0 Å². The number of carbonyl (C=O) groups excluding carboxylic acids is 1. The smallest absolute Gasteiger partial charge is 0.226 e. The lowest BCUT2D eigenvalue weighted by Crippen LogP contribution is -2.69. The van der Waals surface area contributed by atoms with Crippen LogP contribution in [-0.2, 0) is 4.79 Å². The molecule has 1 amide bonds. The van der Waals surface area contributed by atoms with Crippen molar-refractivity contribution in [1.82, 2.24) is 5.32 Å². The summed E-state index contributed by atoms with van der Waals surface area (Å²) in [6.45, 7) is 1.84. The third kappa shape index (κ3) is 1.92. The molecule has 4 rings (SSSR count). The lowest BCUT2D eigenvalue weighted by molar-refractivity contribution is -0.220. The van der Waals surface area contributed by atoms with Crippen LogP contribution in [0.1, 0.15) is 37.8 Å². The second-order valence-corrected chi connectivity index (χ2v) is 6.37. The van der Waals surface area contributed by atoms with Crippen LogP contribution < -0.4 is 5.32 Å². The zero-order chi connectivity index (χ0) is 14.5. The summed E-state index contributed by atoms with van der Waals surface area (Å²) in [7, 11) is 0. The molecule has 108 valence electrons. The highest BCUT2D eigenvalue weighted by Crippen LogP contribution is 2.73. The molecule has 1 aromatic carbocycles. The molecule has 20 heavy (non-hydrogen) atoms. The first-order valence-corrected chi connectivity index (χ1v) is 6.76. The maximum Gasteiger partial charge on any atom is 0.226 e. The maximum absolute atomic E-state index is 13.2. The molecule has 1 aromatic rings. The molecule has 0 unspecified atom stereocenters. The van der Waals surface area contributed by atoms with Gasteiger partial charge in [0.05, 0.1) is 11.5 Å². The Morgan fingerprint density at radius 2 is 1.85 bits per heavy atom. The minimum Gasteiger partial charge on any atom is -0.396 e. The zero-order valence-corrected chi connectivity index (χ0v) is 11.2. The fourth-order valence-corrected chi connectivity index (χ4v) is 3.66. The Bertz CT molecular complexity index is 533. The van der Waals surface area contributed by atoms with Crippen LogP contribution in [0.3, 0.4) is 0 Å². The number of amides is 1.